The Hall–Kier alpha value is -3.84. The van der Waals surface area contributed by atoms with Crippen LogP contribution in [0, 0.1) is 10.1 Å². The highest BCUT2D eigenvalue weighted by Crippen LogP contribution is 2.29. The molecule has 2 aromatic rings. The third-order valence-electron chi connectivity index (χ3n) is 3.27. The molecule has 0 saturated heterocycles. The van der Waals surface area contributed by atoms with E-state index in [0.29, 0.717) is 0 Å². The van der Waals surface area contributed by atoms with Crippen LogP contribution in [-0.2, 0) is 16.1 Å². The highest BCUT2D eigenvalue weighted by molar-refractivity contribution is 5.93. The van der Waals surface area contributed by atoms with Crippen molar-refractivity contribution in [3.63, 3.8) is 0 Å². The zero-order valence-corrected chi connectivity index (χ0v) is 13.7. The van der Waals surface area contributed by atoms with Gasteiger partial charge in [-0.3, -0.25) is 10.1 Å². The highest BCUT2D eigenvalue weighted by Gasteiger charge is 2.17. The second-order valence-corrected chi connectivity index (χ2v) is 4.97. The Morgan fingerprint density at radius 2 is 2.04 bits per heavy atom. The van der Waals surface area contributed by atoms with Gasteiger partial charge in [-0.25, -0.2) is 4.79 Å². The van der Waals surface area contributed by atoms with Crippen LogP contribution in [0.2, 0.25) is 0 Å². The van der Waals surface area contributed by atoms with Crippen LogP contribution in [0.1, 0.15) is 11.1 Å². The fourth-order valence-electron chi connectivity index (χ4n) is 2.06. The van der Waals surface area contributed by atoms with Crippen LogP contribution in [0.15, 0.2) is 59.3 Å². The first kappa shape index (κ1) is 18.5. The molecule has 0 saturated carbocycles. The second kappa shape index (κ2) is 8.86. The molecule has 0 aliphatic heterocycles. The average Bonchev–Trinajstić information content (AvgIpc) is 2.66. The number of nitro benzene ring substituents is 1. The summed E-state index contributed by atoms with van der Waals surface area (Å²) in [5, 5.41) is 14.5. The molecule has 0 fully saturated rings. The summed E-state index contributed by atoms with van der Waals surface area (Å²) in [5.41, 5.74) is 9.06. The van der Waals surface area contributed by atoms with Gasteiger partial charge in [0, 0.05) is 11.0 Å². The lowest BCUT2D eigenvalue weighted by molar-refractivity contribution is -0.386. The molecule has 2 aromatic carbocycles. The number of nitrogens with zero attached hydrogens (tertiary/aromatic N) is 4. The molecule has 0 spiro atoms. The van der Waals surface area contributed by atoms with Gasteiger partial charge in [0.2, 0.25) is 0 Å². The molecule has 0 bridgehead atoms. The van der Waals surface area contributed by atoms with Crippen molar-refractivity contribution in [1.29, 1.82) is 0 Å². The van der Waals surface area contributed by atoms with Gasteiger partial charge in [-0.05, 0) is 28.8 Å². The van der Waals surface area contributed by atoms with E-state index in [2.05, 4.69) is 14.8 Å². The molecule has 132 valence electrons. The fraction of sp³-hybridized carbons (Fsp3) is 0.118. The van der Waals surface area contributed by atoms with Crippen molar-refractivity contribution >= 4 is 17.7 Å². The standard InChI is InChI=1S/C17H14N4O5/c1-25-17(22)14(19-20-18)9-13-7-8-16(15(10-13)21(23)24)26-11-12-5-3-2-4-6-12/h2-10H,11H2,1H3. The topological polar surface area (TPSA) is 127 Å². The Morgan fingerprint density at radius 3 is 2.65 bits per heavy atom. The second-order valence-electron chi connectivity index (χ2n) is 4.97. The molecule has 2 rings (SSSR count). The summed E-state index contributed by atoms with van der Waals surface area (Å²) >= 11 is 0. The molecule has 9 heteroatoms. The van der Waals surface area contributed by atoms with E-state index < -0.39 is 10.9 Å². The molecular weight excluding hydrogens is 340 g/mol. The van der Waals surface area contributed by atoms with Crippen LogP contribution < -0.4 is 4.74 Å². The molecule has 0 unspecified atom stereocenters. The smallest absolute Gasteiger partial charge is 0.340 e. The maximum Gasteiger partial charge on any atom is 0.340 e. The lowest BCUT2D eigenvalue weighted by Crippen LogP contribution is -2.02. The van der Waals surface area contributed by atoms with Crippen LogP contribution in [0.25, 0.3) is 16.5 Å². The van der Waals surface area contributed by atoms with Crippen molar-refractivity contribution in [3.8, 4) is 5.75 Å². The van der Waals surface area contributed by atoms with Crippen LogP contribution in [-0.4, -0.2) is 18.0 Å². The van der Waals surface area contributed by atoms with Crippen molar-refractivity contribution in [1.82, 2.24) is 0 Å². The Bertz CT molecular complexity index is 889. The summed E-state index contributed by atoms with van der Waals surface area (Å²) < 4.78 is 10.0. The van der Waals surface area contributed by atoms with Crippen molar-refractivity contribution in [2.24, 2.45) is 5.11 Å². The number of rotatable bonds is 7. The van der Waals surface area contributed by atoms with E-state index in [1.54, 1.807) is 0 Å². The minimum absolute atomic E-state index is 0.0828. The van der Waals surface area contributed by atoms with E-state index in [-0.39, 0.29) is 29.3 Å². The molecule has 0 heterocycles. The fourth-order valence-corrected chi connectivity index (χ4v) is 2.06. The molecule has 0 aliphatic rings. The Labute approximate surface area is 148 Å². The number of benzene rings is 2. The number of nitro groups is 1. The zero-order valence-electron chi connectivity index (χ0n) is 13.7. The number of carbonyl (C=O) groups is 1. The summed E-state index contributed by atoms with van der Waals surface area (Å²) in [6, 6.07) is 13.3. The Kier molecular flexibility index (Phi) is 6.30. The molecule has 0 amide bonds. The van der Waals surface area contributed by atoms with E-state index in [1.807, 2.05) is 30.3 Å². The predicted octanol–water partition coefficient (Wildman–Crippen LogP) is 4.00. The van der Waals surface area contributed by atoms with Gasteiger partial charge in [-0.1, -0.05) is 41.5 Å². The summed E-state index contributed by atoms with van der Waals surface area (Å²) in [6.45, 7) is 0.170. The van der Waals surface area contributed by atoms with E-state index in [9.17, 15) is 14.9 Å². The third kappa shape index (κ3) is 4.83. The number of ether oxygens (including phenoxy) is 2. The average molecular weight is 354 g/mol. The molecule has 0 aromatic heterocycles. The SMILES string of the molecule is COC(=O)C(=Cc1ccc(OCc2ccccc2)c([N+](=O)[O-])c1)N=[N+]=[N-]. The summed E-state index contributed by atoms with van der Waals surface area (Å²) in [6.07, 6.45) is 1.19. The van der Waals surface area contributed by atoms with E-state index in [4.69, 9.17) is 10.3 Å². The van der Waals surface area contributed by atoms with Crippen molar-refractivity contribution in [2.45, 2.75) is 6.61 Å². The summed E-state index contributed by atoms with van der Waals surface area (Å²) in [5.74, 6) is -0.769. The number of hydrogen-bond donors (Lipinski definition) is 0. The van der Waals surface area contributed by atoms with E-state index >= 15 is 0 Å². The van der Waals surface area contributed by atoms with Crippen LogP contribution in [0.5, 0.6) is 5.75 Å². The number of hydrogen-bond acceptors (Lipinski definition) is 6. The Balaban J connectivity index is 2.31. The molecule has 26 heavy (non-hydrogen) atoms. The van der Waals surface area contributed by atoms with Gasteiger partial charge >= 0.3 is 11.7 Å². The first-order valence-corrected chi connectivity index (χ1v) is 7.35. The van der Waals surface area contributed by atoms with Crippen molar-refractivity contribution < 1.29 is 19.2 Å². The molecule has 9 nitrogen and oxygen atoms in total. The van der Waals surface area contributed by atoms with Gasteiger partial charge in [-0.2, -0.15) is 0 Å². The lowest BCUT2D eigenvalue weighted by Gasteiger charge is -2.08. The molecule has 0 radical (unpaired) electrons. The number of methoxy groups -OCH3 is 1. The van der Waals surface area contributed by atoms with Gasteiger partial charge in [0.1, 0.15) is 12.3 Å². The zero-order chi connectivity index (χ0) is 18.9. The largest absolute Gasteiger partial charge is 0.482 e. The van der Waals surface area contributed by atoms with E-state index in [0.717, 1.165) is 12.7 Å². The minimum Gasteiger partial charge on any atom is -0.482 e. The van der Waals surface area contributed by atoms with Crippen molar-refractivity contribution in [3.05, 3.63) is 85.9 Å². The number of azide groups is 1. The van der Waals surface area contributed by atoms with Gasteiger partial charge in [-0.15, -0.1) is 0 Å². The van der Waals surface area contributed by atoms with Gasteiger partial charge in [0.15, 0.2) is 5.75 Å². The monoisotopic (exact) mass is 354 g/mol. The number of carbonyl (C=O) groups excluding carboxylic acids is 1. The first-order chi connectivity index (χ1) is 12.5. The Morgan fingerprint density at radius 1 is 1.31 bits per heavy atom. The van der Waals surface area contributed by atoms with Gasteiger partial charge in [0.05, 0.1) is 12.0 Å². The molecular formula is C17H14N4O5. The normalized spacial score (nSPS) is 10.6. The molecule has 0 aliphatic carbocycles. The van der Waals surface area contributed by atoms with Crippen molar-refractivity contribution in [2.75, 3.05) is 7.11 Å². The summed E-state index contributed by atoms with van der Waals surface area (Å²) in [7, 11) is 1.13. The van der Waals surface area contributed by atoms with E-state index in [1.165, 1.54) is 24.3 Å². The quantitative estimate of drug-likeness (QED) is 0.141. The molecule has 0 N–H and O–H groups in total. The molecule has 0 atom stereocenters. The van der Waals surface area contributed by atoms with Gasteiger partial charge in [0.25, 0.3) is 0 Å². The third-order valence-corrected chi connectivity index (χ3v) is 3.27. The number of esters is 1. The minimum atomic E-state index is -0.852. The van der Waals surface area contributed by atoms with Crippen LogP contribution in [0.4, 0.5) is 5.69 Å². The lowest BCUT2D eigenvalue weighted by atomic mass is 10.1. The highest BCUT2D eigenvalue weighted by atomic mass is 16.6. The predicted molar refractivity (Wildman–Crippen MR) is 93.0 cm³/mol. The van der Waals surface area contributed by atoms with Crippen LogP contribution in [0.3, 0.4) is 0 Å². The van der Waals surface area contributed by atoms with Crippen LogP contribution >= 0.6 is 0 Å². The summed E-state index contributed by atoms with van der Waals surface area (Å²) in [4.78, 5) is 24.8. The van der Waals surface area contributed by atoms with Gasteiger partial charge < -0.3 is 9.47 Å². The maximum absolute atomic E-state index is 11.5. The first-order valence-electron chi connectivity index (χ1n) is 7.35. The maximum atomic E-state index is 11.5.